The topological polar surface area (TPSA) is 65.5 Å². The van der Waals surface area contributed by atoms with Crippen LogP contribution < -0.4 is 4.74 Å². The van der Waals surface area contributed by atoms with Crippen molar-refractivity contribution in [3.63, 3.8) is 0 Å². The summed E-state index contributed by atoms with van der Waals surface area (Å²) in [6.45, 7) is 1.24. The van der Waals surface area contributed by atoms with Crippen LogP contribution in [-0.2, 0) is 5.92 Å². The molecule has 3 aromatic heterocycles. The van der Waals surface area contributed by atoms with Crippen molar-refractivity contribution >= 4 is 40.4 Å². The van der Waals surface area contributed by atoms with Crippen molar-refractivity contribution in [1.82, 2.24) is 19.5 Å². The average molecular weight is 538 g/mol. The highest BCUT2D eigenvalue weighted by Crippen LogP contribution is 2.37. The number of pyridine rings is 1. The van der Waals surface area contributed by atoms with Gasteiger partial charge in [0.2, 0.25) is 5.82 Å². The van der Waals surface area contributed by atoms with E-state index in [0.717, 1.165) is 13.0 Å². The molecule has 34 heavy (non-hydrogen) atoms. The molecule has 13 heteroatoms. The van der Waals surface area contributed by atoms with Crippen LogP contribution in [0.2, 0.25) is 15.1 Å². The molecule has 0 radical (unpaired) electrons. The minimum Gasteiger partial charge on any atom is -0.486 e. The molecule has 0 aliphatic carbocycles. The van der Waals surface area contributed by atoms with Crippen molar-refractivity contribution in [3.05, 3.63) is 51.2 Å². The second-order valence-corrected chi connectivity index (χ2v) is 8.73. The zero-order valence-electron chi connectivity index (χ0n) is 17.6. The van der Waals surface area contributed by atoms with Gasteiger partial charge in [0.1, 0.15) is 11.4 Å². The summed E-state index contributed by atoms with van der Waals surface area (Å²) in [6, 6.07) is 3.76. The molecule has 0 atom stereocenters. The molecule has 1 aromatic carbocycles. The van der Waals surface area contributed by atoms with Crippen molar-refractivity contribution < 1.29 is 26.8 Å². The first kappa shape index (κ1) is 24.6. The summed E-state index contributed by atoms with van der Waals surface area (Å²) in [5.41, 5.74) is 0.364. The van der Waals surface area contributed by atoms with Gasteiger partial charge in [-0.3, -0.25) is 0 Å². The van der Waals surface area contributed by atoms with Gasteiger partial charge in [0.05, 0.1) is 15.1 Å². The number of fused-ring (bicyclic) bond motifs is 1. The van der Waals surface area contributed by atoms with Crippen LogP contribution in [0.3, 0.4) is 0 Å². The van der Waals surface area contributed by atoms with E-state index in [0.29, 0.717) is 0 Å². The minimum atomic E-state index is -3.10. The Hall–Kier alpha value is -2.56. The predicted molar refractivity (Wildman–Crippen MR) is 119 cm³/mol. The molecule has 0 amide bonds. The summed E-state index contributed by atoms with van der Waals surface area (Å²) in [5, 5.41) is 3.97. The molecule has 0 fully saturated rings. The number of halogens is 7. The number of benzene rings is 1. The van der Waals surface area contributed by atoms with Crippen LogP contribution >= 0.6 is 34.8 Å². The average Bonchev–Trinajstić information content (AvgIpc) is 3.41. The molecule has 0 unspecified atom stereocenters. The van der Waals surface area contributed by atoms with Gasteiger partial charge in [0.15, 0.2) is 12.3 Å². The highest BCUT2D eigenvalue weighted by atomic mass is 35.5. The van der Waals surface area contributed by atoms with Gasteiger partial charge in [-0.2, -0.15) is 4.98 Å². The van der Waals surface area contributed by atoms with E-state index in [9.17, 15) is 17.6 Å². The van der Waals surface area contributed by atoms with Gasteiger partial charge in [-0.15, -0.1) is 0 Å². The Morgan fingerprint density at radius 2 is 1.74 bits per heavy atom. The number of nitrogens with zero attached hydrogens (tertiary/aromatic N) is 4. The largest absolute Gasteiger partial charge is 0.486 e. The Morgan fingerprint density at radius 1 is 1.00 bits per heavy atom. The van der Waals surface area contributed by atoms with Crippen LogP contribution in [0.15, 0.2) is 35.1 Å². The van der Waals surface area contributed by atoms with Crippen molar-refractivity contribution in [3.8, 4) is 28.7 Å². The summed E-state index contributed by atoms with van der Waals surface area (Å²) in [5.74, 6) is -6.13. The molecule has 180 valence electrons. The molecule has 0 aliphatic rings. The van der Waals surface area contributed by atoms with E-state index >= 15 is 0 Å². The molecule has 0 saturated heterocycles. The molecule has 0 saturated carbocycles. The van der Waals surface area contributed by atoms with Crippen molar-refractivity contribution in [2.24, 2.45) is 0 Å². The molecule has 0 bridgehead atoms. The predicted octanol–water partition coefficient (Wildman–Crippen LogP) is 7.55. The minimum absolute atomic E-state index is 0.0177. The lowest BCUT2D eigenvalue weighted by molar-refractivity contribution is -0.0435. The van der Waals surface area contributed by atoms with E-state index < -0.39 is 24.9 Å². The third-order valence-electron chi connectivity index (χ3n) is 4.88. The molecular formula is C21H15Cl3F4N4O2. The van der Waals surface area contributed by atoms with E-state index in [1.807, 2.05) is 0 Å². The first-order valence-electron chi connectivity index (χ1n) is 9.78. The third-order valence-corrected chi connectivity index (χ3v) is 5.76. The Kier molecular flexibility index (Phi) is 6.43. The number of rotatable bonds is 7. The maximum Gasteiger partial charge on any atom is 0.281 e. The van der Waals surface area contributed by atoms with Crippen molar-refractivity contribution in [2.45, 2.75) is 32.1 Å². The SMILES string of the molecule is CCC(F)(F)COc1cc(Cl)c(-c2noc(-c3cn4cc(C(C)(F)F)cc(Cl)c4n3)n2)cc1Cl. The molecule has 6 nitrogen and oxygen atoms in total. The summed E-state index contributed by atoms with van der Waals surface area (Å²) in [6.07, 6.45) is 2.22. The number of hydrogen-bond donors (Lipinski definition) is 0. The van der Waals surface area contributed by atoms with Gasteiger partial charge in [0.25, 0.3) is 17.7 Å². The van der Waals surface area contributed by atoms with Crippen LogP contribution in [-0.4, -0.2) is 32.1 Å². The van der Waals surface area contributed by atoms with E-state index in [-0.39, 0.29) is 55.0 Å². The van der Waals surface area contributed by atoms with Gasteiger partial charge in [-0.1, -0.05) is 46.9 Å². The molecule has 3 heterocycles. The Bertz CT molecular complexity index is 1370. The third kappa shape index (κ3) is 4.94. The first-order valence-corrected chi connectivity index (χ1v) is 10.9. The van der Waals surface area contributed by atoms with Gasteiger partial charge in [-0.25, -0.2) is 22.5 Å². The van der Waals surface area contributed by atoms with Crippen LogP contribution in [0.1, 0.15) is 25.8 Å². The van der Waals surface area contributed by atoms with Crippen LogP contribution in [0.5, 0.6) is 5.75 Å². The van der Waals surface area contributed by atoms with Gasteiger partial charge >= 0.3 is 0 Å². The summed E-state index contributed by atoms with van der Waals surface area (Å²) in [4.78, 5) is 8.49. The van der Waals surface area contributed by atoms with E-state index in [4.69, 9.17) is 44.1 Å². The smallest absolute Gasteiger partial charge is 0.281 e. The fourth-order valence-corrected chi connectivity index (χ4v) is 3.65. The first-order chi connectivity index (χ1) is 15.9. The van der Waals surface area contributed by atoms with Crippen LogP contribution in [0.4, 0.5) is 17.6 Å². The van der Waals surface area contributed by atoms with E-state index in [1.165, 1.54) is 35.9 Å². The van der Waals surface area contributed by atoms with Crippen LogP contribution in [0, 0.1) is 0 Å². The number of ether oxygens (including phenoxy) is 1. The summed E-state index contributed by atoms with van der Waals surface area (Å²) < 4.78 is 66.0. The monoisotopic (exact) mass is 536 g/mol. The molecular weight excluding hydrogens is 523 g/mol. The number of hydrogen-bond acceptors (Lipinski definition) is 5. The Labute approximate surface area is 205 Å². The molecule has 4 rings (SSSR count). The Balaban J connectivity index is 1.64. The molecule has 0 N–H and O–H groups in total. The molecule has 4 aromatic rings. The maximum absolute atomic E-state index is 13.7. The number of imidazole rings is 1. The van der Waals surface area contributed by atoms with Gasteiger partial charge in [-0.05, 0) is 12.1 Å². The summed E-state index contributed by atoms with van der Waals surface area (Å²) in [7, 11) is 0. The zero-order valence-corrected chi connectivity index (χ0v) is 19.8. The lowest BCUT2D eigenvalue weighted by Crippen LogP contribution is -2.24. The maximum atomic E-state index is 13.7. The quantitative estimate of drug-likeness (QED) is 0.228. The number of alkyl halides is 4. The van der Waals surface area contributed by atoms with Crippen LogP contribution in [0.25, 0.3) is 28.6 Å². The van der Waals surface area contributed by atoms with Gasteiger partial charge < -0.3 is 13.7 Å². The highest BCUT2D eigenvalue weighted by Gasteiger charge is 2.28. The van der Waals surface area contributed by atoms with E-state index in [2.05, 4.69) is 15.1 Å². The number of aromatic nitrogens is 4. The molecule has 0 spiro atoms. The summed E-state index contributed by atoms with van der Waals surface area (Å²) >= 11 is 18.5. The van der Waals surface area contributed by atoms with E-state index in [1.54, 1.807) is 0 Å². The second kappa shape index (κ2) is 8.90. The standard InChI is InChI=1S/C21H15Cl3F4N4O2/c1-3-21(27,28)9-33-16-6-12(22)11(5-13(16)23)17-30-19(34-31-17)15-8-32-7-10(20(2,25)26)4-14(24)18(32)29-15/h4-8H,3,9H2,1-2H3. The normalized spacial score (nSPS) is 12.5. The molecule has 0 aliphatic heterocycles. The van der Waals surface area contributed by atoms with Gasteiger partial charge in [0, 0.05) is 42.9 Å². The van der Waals surface area contributed by atoms with Crippen molar-refractivity contribution in [2.75, 3.05) is 6.61 Å². The highest BCUT2D eigenvalue weighted by molar-refractivity contribution is 6.36. The lowest BCUT2D eigenvalue weighted by atomic mass is 10.2. The second-order valence-electron chi connectivity index (χ2n) is 7.51. The fraction of sp³-hybridized carbons (Fsp3) is 0.286. The fourth-order valence-electron chi connectivity index (χ4n) is 2.93. The Morgan fingerprint density at radius 3 is 2.41 bits per heavy atom. The van der Waals surface area contributed by atoms with Crippen molar-refractivity contribution in [1.29, 1.82) is 0 Å². The lowest BCUT2D eigenvalue weighted by Gasteiger charge is -2.16. The zero-order chi connectivity index (χ0) is 24.8.